The molecule has 1 aliphatic rings. The van der Waals surface area contributed by atoms with Crippen LogP contribution < -0.4 is 11.5 Å². The molecule has 26 heavy (non-hydrogen) atoms. The highest BCUT2D eigenvalue weighted by atomic mass is 14.8. The van der Waals surface area contributed by atoms with E-state index in [9.17, 15) is 0 Å². The van der Waals surface area contributed by atoms with Gasteiger partial charge >= 0.3 is 0 Å². The first kappa shape index (κ1) is 23.7. The van der Waals surface area contributed by atoms with Crippen molar-refractivity contribution < 1.29 is 0 Å². The van der Waals surface area contributed by atoms with Gasteiger partial charge in [0.15, 0.2) is 0 Å². The van der Waals surface area contributed by atoms with Gasteiger partial charge in [0.1, 0.15) is 0 Å². The second-order valence-electron chi connectivity index (χ2n) is 8.91. The van der Waals surface area contributed by atoms with Gasteiger partial charge in [0.05, 0.1) is 0 Å². The number of allylic oxidation sites excluding steroid dienone is 2. The molecule has 1 fully saturated rings. The van der Waals surface area contributed by atoms with Crippen molar-refractivity contribution in [3.8, 4) is 0 Å². The molecule has 0 radical (unpaired) electrons. The molecule has 0 amide bonds. The third-order valence-corrected chi connectivity index (χ3v) is 6.10. The smallest absolute Gasteiger partial charge is 0.0169 e. The minimum atomic E-state index is 0.0540. The summed E-state index contributed by atoms with van der Waals surface area (Å²) in [6.45, 7) is 2.28. The Morgan fingerprint density at radius 2 is 1.35 bits per heavy atom. The zero-order valence-electron chi connectivity index (χ0n) is 17.8. The standard InChI is InChI=1S/C24H48N2/c1-2-3-4-5-6-7-8-9-10-11-12-13-14-15-16-17-20-24(26)21-18-19-23(25)22-24/h9-10,23H,2-8,11-22,25-26H2,1H3/b10-9-. The van der Waals surface area contributed by atoms with Crippen molar-refractivity contribution in [2.75, 3.05) is 0 Å². The number of nitrogens with two attached hydrogens (primary N) is 2. The zero-order valence-corrected chi connectivity index (χ0v) is 17.8. The Kier molecular flexibility index (Phi) is 14.3. The fraction of sp³-hybridized carbons (Fsp3) is 0.917. The van der Waals surface area contributed by atoms with Crippen molar-refractivity contribution in [1.82, 2.24) is 0 Å². The van der Waals surface area contributed by atoms with Gasteiger partial charge in [-0.1, -0.05) is 89.7 Å². The molecule has 0 aromatic carbocycles. The van der Waals surface area contributed by atoms with Crippen molar-refractivity contribution in [1.29, 1.82) is 0 Å². The van der Waals surface area contributed by atoms with Crippen LogP contribution in [0.3, 0.4) is 0 Å². The molecule has 0 aromatic heterocycles. The summed E-state index contributed by atoms with van der Waals surface area (Å²) in [6, 6.07) is 0.350. The number of hydrogen-bond donors (Lipinski definition) is 2. The van der Waals surface area contributed by atoms with Gasteiger partial charge in [0, 0.05) is 11.6 Å². The van der Waals surface area contributed by atoms with Gasteiger partial charge in [-0.15, -0.1) is 0 Å². The quantitative estimate of drug-likeness (QED) is 0.228. The molecule has 2 nitrogen and oxygen atoms in total. The summed E-state index contributed by atoms with van der Waals surface area (Å²) in [5, 5.41) is 0. The van der Waals surface area contributed by atoms with E-state index in [1.807, 2.05) is 0 Å². The van der Waals surface area contributed by atoms with E-state index in [1.54, 1.807) is 0 Å². The van der Waals surface area contributed by atoms with Crippen LogP contribution in [0, 0.1) is 0 Å². The Bertz CT molecular complexity index is 339. The SMILES string of the molecule is CCCCCCCC/C=C\CCCCCCCCC1(N)CCCC(N)C1. The van der Waals surface area contributed by atoms with Crippen molar-refractivity contribution in [3.63, 3.8) is 0 Å². The van der Waals surface area contributed by atoms with Gasteiger partial charge in [0.25, 0.3) is 0 Å². The number of rotatable bonds is 16. The van der Waals surface area contributed by atoms with Crippen LogP contribution in [0.1, 0.15) is 129 Å². The molecule has 0 aliphatic heterocycles. The molecule has 154 valence electrons. The van der Waals surface area contributed by atoms with Crippen molar-refractivity contribution >= 4 is 0 Å². The molecule has 0 spiro atoms. The van der Waals surface area contributed by atoms with Gasteiger partial charge in [0.2, 0.25) is 0 Å². The van der Waals surface area contributed by atoms with E-state index < -0.39 is 0 Å². The van der Waals surface area contributed by atoms with Gasteiger partial charge in [-0.3, -0.25) is 0 Å². The first-order chi connectivity index (χ1) is 12.7. The second kappa shape index (κ2) is 15.7. The molecular weight excluding hydrogens is 316 g/mol. The average molecular weight is 365 g/mol. The van der Waals surface area contributed by atoms with Gasteiger partial charge in [-0.25, -0.2) is 0 Å². The predicted octanol–water partition coefficient (Wildman–Crippen LogP) is 7.01. The predicted molar refractivity (Wildman–Crippen MR) is 117 cm³/mol. The van der Waals surface area contributed by atoms with E-state index in [4.69, 9.17) is 11.5 Å². The first-order valence-electron chi connectivity index (χ1n) is 11.9. The second-order valence-corrected chi connectivity index (χ2v) is 8.91. The summed E-state index contributed by atoms with van der Waals surface area (Å²) in [4.78, 5) is 0. The van der Waals surface area contributed by atoms with Crippen LogP contribution in [0.4, 0.5) is 0 Å². The summed E-state index contributed by atoms with van der Waals surface area (Å²) >= 11 is 0. The van der Waals surface area contributed by atoms with E-state index in [2.05, 4.69) is 19.1 Å². The maximum absolute atomic E-state index is 6.52. The maximum atomic E-state index is 6.52. The van der Waals surface area contributed by atoms with Crippen LogP contribution in [0.25, 0.3) is 0 Å². The minimum absolute atomic E-state index is 0.0540. The molecule has 2 heteroatoms. The van der Waals surface area contributed by atoms with Crippen LogP contribution in [0.5, 0.6) is 0 Å². The Morgan fingerprint density at radius 3 is 1.92 bits per heavy atom. The summed E-state index contributed by atoms with van der Waals surface area (Å²) in [7, 11) is 0. The molecule has 4 N–H and O–H groups in total. The molecule has 0 saturated heterocycles. The van der Waals surface area contributed by atoms with E-state index in [1.165, 1.54) is 116 Å². The molecule has 1 saturated carbocycles. The largest absolute Gasteiger partial charge is 0.328 e. The molecule has 0 aromatic rings. The lowest BCUT2D eigenvalue weighted by molar-refractivity contribution is 0.246. The third-order valence-electron chi connectivity index (χ3n) is 6.10. The lowest BCUT2D eigenvalue weighted by Gasteiger charge is -2.36. The highest BCUT2D eigenvalue weighted by Crippen LogP contribution is 2.30. The number of unbranched alkanes of at least 4 members (excludes halogenated alkanes) is 12. The molecule has 2 unspecified atom stereocenters. The molecular formula is C24H48N2. The van der Waals surface area contributed by atoms with Crippen LogP contribution in [-0.2, 0) is 0 Å². The Morgan fingerprint density at radius 1 is 0.808 bits per heavy atom. The lowest BCUT2D eigenvalue weighted by Crippen LogP contribution is -2.48. The van der Waals surface area contributed by atoms with Gasteiger partial charge < -0.3 is 11.5 Å². The van der Waals surface area contributed by atoms with E-state index in [0.717, 1.165) is 6.42 Å². The molecule has 1 rings (SSSR count). The van der Waals surface area contributed by atoms with Crippen molar-refractivity contribution in [2.45, 2.75) is 141 Å². The summed E-state index contributed by atoms with van der Waals surface area (Å²) in [5.41, 5.74) is 12.7. The van der Waals surface area contributed by atoms with Crippen LogP contribution in [-0.4, -0.2) is 11.6 Å². The number of hydrogen-bond acceptors (Lipinski definition) is 2. The fourth-order valence-corrected chi connectivity index (χ4v) is 4.39. The Balaban J connectivity index is 1.81. The van der Waals surface area contributed by atoms with Gasteiger partial charge in [-0.2, -0.15) is 0 Å². The normalized spacial score (nSPS) is 23.7. The summed E-state index contributed by atoms with van der Waals surface area (Å²) in [5.74, 6) is 0. The van der Waals surface area contributed by atoms with E-state index in [0.29, 0.717) is 6.04 Å². The summed E-state index contributed by atoms with van der Waals surface area (Å²) < 4.78 is 0. The molecule has 0 heterocycles. The van der Waals surface area contributed by atoms with Crippen molar-refractivity contribution in [2.24, 2.45) is 11.5 Å². The monoisotopic (exact) mass is 364 g/mol. The molecule has 1 aliphatic carbocycles. The van der Waals surface area contributed by atoms with E-state index in [-0.39, 0.29) is 5.54 Å². The van der Waals surface area contributed by atoms with Gasteiger partial charge in [-0.05, 0) is 51.4 Å². The third kappa shape index (κ3) is 12.9. The van der Waals surface area contributed by atoms with Crippen LogP contribution in [0.15, 0.2) is 12.2 Å². The fourth-order valence-electron chi connectivity index (χ4n) is 4.39. The maximum Gasteiger partial charge on any atom is 0.0169 e. The molecule has 0 bridgehead atoms. The van der Waals surface area contributed by atoms with Crippen LogP contribution >= 0.6 is 0 Å². The summed E-state index contributed by atoms with van der Waals surface area (Å²) in [6.07, 6.45) is 29.8. The highest BCUT2D eigenvalue weighted by Gasteiger charge is 2.30. The lowest BCUT2D eigenvalue weighted by atomic mass is 9.77. The Hall–Kier alpha value is -0.340. The molecule has 2 atom stereocenters. The van der Waals surface area contributed by atoms with E-state index >= 15 is 0 Å². The first-order valence-corrected chi connectivity index (χ1v) is 11.9. The Labute approximate surface area is 164 Å². The highest BCUT2D eigenvalue weighted by molar-refractivity contribution is 4.92. The minimum Gasteiger partial charge on any atom is -0.328 e. The topological polar surface area (TPSA) is 52.0 Å². The van der Waals surface area contributed by atoms with Crippen molar-refractivity contribution in [3.05, 3.63) is 12.2 Å². The van der Waals surface area contributed by atoms with Crippen LogP contribution in [0.2, 0.25) is 0 Å². The average Bonchev–Trinajstić information content (AvgIpc) is 2.61. The zero-order chi connectivity index (χ0) is 18.9.